The van der Waals surface area contributed by atoms with Crippen LogP contribution in [-0.4, -0.2) is 21.5 Å². The Kier molecular flexibility index (Phi) is 4.01. The maximum absolute atomic E-state index is 12.5. The topological polar surface area (TPSA) is 71.2 Å². The van der Waals surface area contributed by atoms with Gasteiger partial charge in [0.1, 0.15) is 6.23 Å². The molecular weight excluding hydrogens is 311 g/mol. The molecule has 23 heavy (non-hydrogen) atoms. The lowest BCUT2D eigenvalue weighted by Crippen LogP contribution is -2.33. The molecule has 3 rings (SSSR count). The molecule has 1 aromatic carbocycles. The third-order valence-corrected chi connectivity index (χ3v) is 4.05. The van der Waals surface area contributed by atoms with E-state index < -0.39 is 18.3 Å². The number of anilines is 1. The van der Waals surface area contributed by atoms with Gasteiger partial charge >= 0.3 is 12.1 Å². The second kappa shape index (κ2) is 5.84. The van der Waals surface area contributed by atoms with Gasteiger partial charge in [-0.2, -0.15) is 18.2 Å². The van der Waals surface area contributed by atoms with Crippen LogP contribution < -0.4 is 5.32 Å². The third-order valence-electron chi connectivity index (χ3n) is 4.05. The van der Waals surface area contributed by atoms with Gasteiger partial charge in [-0.05, 0) is 43.5 Å². The van der Waals surface area contributed by atoms with Crippen molar-refractivity contribution in [3.05, 3.63) is 29.7 Å². The van der Waals surface area contributed by atoms with E-state index in [9.17, 15) is 18.3 Å². The second-order valence-electron chi connectivity index (χ2n) is 5.73. The van der Waals surface area contributed by atoms with Gasteiger partial charge in [0.15, 0.2) is 0 Å². The third kappa shape index (κ3) is 3.31. The van der Waals surface area contributed by atoms with Gasteiger partial charge in [-0.25, -0.2) is 0 Å². The quantitative estimate of drug-likeness (QED) is 0.840. The summed E-state index contributed by atoms with van der Waals surface area (Å²) in [5, 5.41) is 16.4. The zero-order chi connectivity index (χ0) is 16.6. The molecule has 0 aliphatic heterocycles. The van der Waals surface area contributed by atoms with Crippen LogP contribution in [0, 0.1) is 12.8 Å². The molecule has 0 bridgehead atoms. The van der Waals surface area contributed by atoms with Crippen molar-refractivity contribution >= 4 is 5.69 Å². The maximum Gasteiger partial charge on any atom is 0.471 e. The Hall–Kier alpha value is -2.09. The Labute approximate surface area is 130 Å². The zero-order valence-corrected chi connectivity index (χ0v) is 12.4. The van der Waals surface area contributed by atoms with Gasteiger partial charge in [0.2, 0.25) is 5.82 Å². The summed E-state index contributed by atoms with van der Waals surface area (Å²) >= 11 is 0. The van der Waals surface area contributed by atoms with E-state index >= 15 is 0 Å². The van der Waals surface area contributed by atoms with Crippen molar-refractivity contribution in [3.8, 4) is 11.4 Å². The fourth-order valence-corrected chi connectivity index (χ4v) is 2.45. The first-order valence-electron chi connectivity index (χ1n) is 7.31. The van der Waals surface area contributed by atoms with Crippen LogP contribution in [0.15, 0.2) is 22.7 Å². The number of rotatable bonds is 4. The van der Waals surface area contributed by atoms with Crippen LogP contribution in [0.25, 0.3) is 11.4 Å². The lowest BCUT2D eigenvalue weighted by atomic mass is 9.84. The van der Waals surface area contributed by atoms with E-state index in [2.05, 4.69) is 20.0 Å². The SMILES string of the molecule is Cc1cc(-c2noc(C(F)(F)F)n2)ccc1NC(O)C1CCC1. The van der Waals surface area contributed by atoms with Crippen molar-refractivity contribution in [3.63, 3.8) is 0 Å². The number of halogens is 3. The van der Waals surface area contributed by atoms with E-state index in [0.29, 0.717) is 5.56 Å². The Morgan fingerprint density at radius 1 is 1.35 bits per heavy atom. The van der Waals surface area contributed by atoms with Crippen molar-refractivity contribution < 1.29 is 22.8 Å². The summed E-state index contributed by atoms with van der Waals surface area (Å²) in [5.41, 5.74) is 1.93. The fourth-order valence-electron chi connectivity index (χ4n) is 2.45. The summed E-state index contributed by atoms with van der Waals surface area (Å²) in [5.74, 6) is -1.24. The number of alkyl halides is 3. The Bertz CT molecular complexity index is 696. The molecule has 1 unspecified atom stereocenters. The lowest BCUT2D eigenvalue weighted by Gasteiger charge is -2.31. The Morgan fingerprint density at radius 2 is 2.09 bits per heavy atom. The van der Waals surface area contributed by atoms with Crippen LogP contribution in [0.4, 0.5) is 18.9 Å². The van der Waals surface area contributed by atoms with Gasteiger partial charge in [0.25, 0.3) is 0 Å². The van der Waals surface area contributed by atoms with Gasteiger partial charge in [0.05, 0.1) is 0 Å². The Balaban J connectivity index is 1.77. The number of hydrogen-bond donors (Lipinski definition) is 2. The van der Waals surface area contributed by atoms with Crippen LogP contribution in [0.2, 0.25) is 0 Å². The van der Waals surface area contributed by atoms with E-state index in [-0.39, 0.29) is 11.7 Å². The number of aliphatic hydroxyl groups excluding tert-OH is 1. The molecule has 124 valence electrons. The summed E-state index contributed by atoms with van der Waals surface area (Å²) in [6.45, 7) is 1.80. The smallest absolute Gasteiger partial charge is 0.374 e. The molecule has 0 saturated heterocycles. The monoisotopic (exact) mass is 327 g/mol. The van der Waals surface area contributed by atoms with Crippen molar-refractivity contribution in [2.75, 3.05) is 5.32 Å². The molecule has 2 aromatic rings. The van der Waals surface area contributed by atoms with Gasteiger partial charge < -0.3 is 14.9 Å². The number of aryl methyl sites for hydroxylation is 1. The summed E-state index contributed by atoms with van der Waals surface area (Å²) in [6, 6.07) is 4.94. The number of aromatic nitrogens is 2. The summed E-state index contributed by atoms with van der Waals surface area (Å²) < 4.78 is 41.7. The van der Waals surface area contributed by atoms with E-state index in [1.807, 2.05) is 0 Å². The molecule has 1 saturated carbocycles. The van der Waals surface area contributed by atoms with E-state index in [4.69, 9.17) is 0 Å². The van der Waals surface area contributed by atoms with E-state index in [1.54, 1.807) is 25.1 Å². The molecule has 0 spiro atoms. The van der Waals surface area contributed by atoms with Crippen molar-refractivity contribution in [2.45, 2.75) is 38.6 Å². The highest BCUT2D eigenvalue weighted by atomic mass is 19.4. The molecule has 1 aliphatic rings. The van der Waals surface area contributed by atoms with Gasteiger partial charge in [-0.1, -0.05) is 11.6 Å². The van der Waals surface area contributed by atoms with Crippen molar-refractivity contribution in [2.24, 2.45) is 5.92 Å². The average molecular weight is 327 g/mol. The number of nitrogens with one attached hydrogen (secondary N) is 1. The number of hydrogen-bond acceptors (Lipinski definition) is 5. The van der Waals surface area contributed by atoms with Gasteiger partial charge in [-0.3, -0.25) is 0 Å². The molecule has 2 N–H and O–H groups in total. The molecule has 5 nitrogen and oxygen atoms in total. The fraction of sp³-hybridized carbons (Fsp3) is 0.467. The molecule has 1 atom stereocenters. The summed E-state index contributed by atoms with van der Waals surface area (Å²) in [6.07, 6.45) is -2.16. The zero-order valence-electron chi connectivity index (χ0n) is 12.4. The minimum atomic E-state index is -4.66. The lowest BCUT2D eigenvalue weighted by molar-refractivity contribution is -0.159. The molecular formula is C15H16F3N3O2. The first-order chi connectivity index (χ1) is 10.8. The molecule has 1 aromatic heterocycles. The number of benzene rings is 1. The highest BCUT2D eigenvalue weighted by Gasteiger charge is 2.38. The molecule has 1 heterocycles. The maximum atomic E-state index is 12.5. The highest BCUT2D eigenvalue weighted by molar-refractivity contribution is 5.63. The van der Waals surface area contributed by atoms with Gasteiger partial charge in [-0.15, -0.1) is 0 Å². The van der Waals surface area contributed by atoms with Crippen LogP contribution in [0.5, 0.6) is 0 Å². The number of nitrogens with zero attached hydrogens (tertiary/aromatic N) is 2. The number of aliphatic hydroxyl groups is 1. The van der Waals surface area contributed by atoms with Crippen molar-refractivity contribution in [1.82, 2.24) is 10.1 Å². The largest absolute Gasteiger partial charge is 0.471 e. The Morgan fingerprint density at radius 3 is 2.61 bits per heavy atom. The highest BCUT2D eigenvalue weighted by Crippen LogP contribution is 2.32. The predicted octanol–water partition coefficient (Wildman–Crippen LogP) is 3.59. The summed E-state index contributed by atoms with van der Waals surface area (Å²) in [7, 11) is 0. The molecule has 1 aliphatic carbocycles. The van der Waals surface area contributed by atoms with Crippen LogP contribution in [0.1, 0.15) is 30.7 Å². The van der Waals surface area contributed by atoms with Crippen LogP contribution in [0.3, 0.4) is 0 Å². The van der Waals surface area contributed by atoms with Crippen LogP contribution in [-0.2, 0) is 6.18 Å². The summed E-state index contributed by atoms with van der Waals surface area (Å²) in [4.78, 5) is 3.36. The van der Waals surface area contributed by atoms with Crippen LogP contribution >= 0.6 is 0 Å². The standard InChI is InChI=1S/C15H16F3N3O2/c1-8-7-10(12-20-14(23-21-12)15(16,17)18)5-6-11(8)19-13(22)9-3-2-4-9/h5-7,9,13,19,22H,2-4H2,1H3. The first-order valence-corrected chi connectivity index (χ1v) is 7.31. The second-order valence-corrected chi connectivity index (χ2v) is 5.73. The van der Waals surface area contributed by atoms with E-state index in [1.165, 1.54) is 0 Å². The molecule has 8 heteroatoms. The first kappa shape index (κ1) is 15.8. The van der Waals surface area contributed by atoms with Gasteiger partial charge in [0, 0.05) is 17.2 Å². The molecule has 1 fully saturated rings. The average Bonchev–Trinajstić information content (AvgIpc) is 2.88. The van der Waals surface area contributed by atoms with E-state index in [0.717, 1.165) is 30.5 Å². The predicted molar refractivity (Wildman–Crippen MR) is 76.4 cm³/mol. The molecule has 0 radical (unpaired) electrons. The normalized spacial score (nSPS) is 16.9. The minimum absolute atomic E-state index is 0.119. The minimum Gasteiger partial charge on any atom is -0.374 e. The molecule has 0 amide bonds. The van der Waals surface area contributed by atoms with Crippen molar-refractivity contribution in [1.29, 1.82) is 0 Å².